The van der Waals surface area contributed by atoms with Crippen LogP contribution in [0, 0.1) is 0 Å². The molecule has 1 aliphatic heterocycles. The summed E-state index contributed by atoms with van der Waals surface area (Å²) in [6, 6.07) is 17.1. The first-order valence-corrected chi connectivity index (χ1v) is 12.7. The maximum atomic E-state index is 13.3. The van der Waals surface area contributed by atoms with Gasteiger partial charge in [-0.2, -0.15) is 0 Å². The molecule has 0 spiro atoms. The first kappa shape index (κ1) is 25.9. The fourth-order valence-corrected chi connectivity index (χ4v) is 4.27. The Morgan fingerprint density at radius 3 is 2.43 bits per heavy atom. The molecule has 1 N–H and O–H groups in total. The molecule has 0 saturated carbocycles. The molecule has 2 heterocycles. The van der Waals surface area contributed by atoms with Crippen molar-refractivity contribution in [2.45, 2.75) is 45.7 Å². The van der Waals surface area contributed by atoms with Crippen LogP contribution in [-0.4, -0.2) is 39.9 Å². The Bertz CT molecular complexity index is 1250. The molecule has 7 heteroatoms. The Labute approximate surface area is 217 Å². The number of benzene rings is 2. The Morgan fingerprint density at radius 1 is 0.946 bits per heavy atom. The molecule has 1 atom stereocenters. The molecule has 2 aromatic carbocycles. The van der Waals surface area contributed by atoms with Crippen molar-refractivity contribution in [3.05, 3.63) is 95.3 Å². The number of hydrogen-bond donors (Lipinski definition) is 1. The molecule has 192 valence electrons. The van der Waals surface area contributed by atoms with Gasteiger partial charge in [-0.1, -0.05) is 50.6 Å². The van der Waals surface area contributed by atoms with E-state index >= 15 is 0 Å². The van der Waals surface area contributed by atoms with Crippen molar-refractivity contribution in [1.29, 1.82) is 0 Å². The van der Waals surface area contributed by atoms with Crippen LogP contribution in [0.15, 0.2) is 78.6 Å². The summed E-state index contributed by atoms with van der Waals surface area (Å²) in [6.07, 6.45) is 6.11. The highest BCUT2D eigenvalue weighted by molar-refractivity contribution is 6.46. The second kappa shape index (κ2) is 12.2. The largest absolute Gasteiger partial charge is 0.507 e. The van der Waals surface area contributed by atoms with E-state index in [1.54, 1.807) is 42.7 Å². The number of aliphatic hydroxyl groups excluding tert-OH is 1. The molecule has 7 nitrogen and oxygen atoms in total. The molecule has 1 aromatic heterocycles. The number of aromatic nitrogens is 1. The molecule has 0 bridgehead atoms. The van der Waals surface area contributed by atoms with E-state index in [1.165, 1.54) is 4.90 Å². The van der Waals surface area contributed by atoms with E-state index in [0.29, 0.717) is 35.8 Å². The highest BCUT2D eigenvalue weighted by Crippen LogP contribution is 2.41. The summed E-state index contributed by atoms with van der Waals surface area (Å²) in [7, 11) is 0. The van der Waals surface area contributed by atoms with Crippen LogP contribution in [0.3, 0.4) is 0 Å². The standard InChI is InChI=1S/C30H32N2O5/c1-3-5-17-37-25-10-6-9-23(18-25)28(33)26-27(22-11-13-24(14-12-22)36-16-4-2)32(30(35)29(26)34)20-21-8-7-15-31-19-21/h6-15,18-19,27,33H,3-5,16-17,20H2,1-2H3/b28-26+. The van der Waals surface area contributed by atoms with E-state index in [2.05, 4.69) is 11.9 Å². The minimum Gasteiger partial charge on any atom is -0.507 e. The highest BCUT2D eigenvalue weighted by Gasteiger charge is 2.46. The summed E-state index contributed by atoms with van der Waals surface area (Å²) < 4.78 is 11.5. The van der Waals surface area contributed by atoms with Crippen LogP contribution in [0.2, 0.25) is 0 Å². The molecule has 1 amide bonds. The number of Topliss-reactive ketones (excluding diaryl/α,β-unsaturated/α-hetero) is 1. The molecule has 37 heavy (non-hydrogen) atoms. The normalized spacial score (nSPS) is 16.7. The van der Waals surface area contributed by atoms with Crippen LogP contribution in [0.25, 0.3) is 5.76 Å². The van der Waals surface area contributed by atoms with Gasteiger partial charge in [0.15, 0.2) is 0 Å². The lowest BCUT2D eigenvalue weighted by molar-refractivity contribution is -0.140. The Kier molecular flexibility index (Phi) is 8.56. The molecule has 0 radical (unpaired) electrons. The van der Waals surface area contributed by atoms with E-state index in [1.807, 2.05) is 37.3 Å². The molecule has 1 fully saturated rings. The summed E-state index contributed by atoms with van der Waals surface area (Å²) in [5.74, 6) is -0.334. The van der Waals surface area contributed by atoms with Gasteiger partial charge in [-0.05, 0) is 54.3 Å². The van der Waals surface area contributed by atoms with Gasteiger partial charge in [-0.25, -0.2) is 0 Å². The molecule has 4 rings (SSSR count). The van der Waals surface area contributed by atoms with E-state index < -0.39 is 17.7 Å². The van der Waals surface area contributed by atoms with Crippen LogP contribution in [0.5, 0.6) is 11.5 Å². The number of aliphatic hydroxyl groups is 1. The van der Waals surface area contributed by atoms with Gasteiger partial charge in [-0.3, -0.25) is 14.6 Å². The molecular formula is C30H32N2O5. The maximum absolute atomic E-state index is 13.3. The van der Waals surface area contributed by atoms with Crippen molar-refractivity contribution in [3.63, 3.8) is 0 Å². The van der Waals surface area contributed by atoms with Gasteiger partial charge < -0.3 is 19.5 Å². The van der Waals surface area contributed by atoms with E-state index in [9.17, 15) is 14.7 Å². The maximum Gasteiger partial charge on any atom is 0.295 e. The number of ether oxygens (including phenoxy) is 2. The van der Waals surface area contributed by atoms with E-state index in [0.717, 1.165) is 24.8 Å². The van der Waals surface area contributed by atoms with Gasteiger partial charge in [0.05, 0.1) is 24.8 Å². The second-order valence-corrected chi connectivity index (χ2v) is 8.94. The second-order valence-electron chi connectivity index (χ2n) is 8.94. The summed E-state index contributed by atoms with van der Waals surface area (Å²) >= 11 is 0. The zero-order valence-electron chi connectivity index (χ0n) is 21.2. The quantitative estimate of drug-likeness (QED) is 0.158. The van der Waals surface area contributed by atoms with Gasteiger partial charge in [0.25, 0.3) is 11.7 Å². The van der Waals surface area contributed by atoms with Gasteiger partial charge in [0.2, 0.25) is 0 Å². The van der Waals surface area contributed by atoms with Crippen molar-refractivity contribution in [2.24, 2.45) is 0 Å². The molecule has 1 unspecified atom stereocenters. The minimum absolute atomic E-state index is 0.0434. The smallest absolute Gasteiger partial charge is 0.295 e. The fourth-order valence-electron chi connectivity index (χ4n) is 4.27. The average Bonchev–Trinajstić information content (AvgIpc) is 3.17. The fraction of sp³-hybridized carbons (Fsp3) is 0.300. The lowest BCUT2D eigenvalue weighted by atomic mass is 9.95. The third-order valence-electron chi connectivity index (χ3n) is 6.16. The van der Waals surface area contributed by atoms with Crippen molar-refractivity contribution in [3.8, 4) is 11.5 Å². The third kappa shape index (κ3) is 6.00. The van der Waals surface area contributed by atoms with Crippen LogP contribution >= 0.6 is 0 Å². The summed E-state index contributed by atoms with van der Waals surface area (Å²) in [6.45, 7) is 5.44. The predicted octanol–water partition coefficient (Wildman–Crippen LogP) is 5.67. The van der Waals surface area contributed by atoms with Crippen LogP contribution in [0.1, 0.15) is 55.8 Å². The minimum atomic E-state index is -0.773. The lowest BCUT2D eigenvalue weighted by Crippen LogP contribution is -2.29. The van der Waals surface area contributed by atoms with Gasteiger partial charge >= 0.3 is 0 Å². The van der Waals surface area contributed by atoms with Crippen molar-refractivity contribution in [2.75, 3.05) is 13.2 Å². The highest BCUT2D eigenvalue weighted by atomic mass is 16.5. The number of rotatable bonds is 11. The molecule has 0 aliphatic carbocycles. The summed E-state index contributed by atoms with van der Waals surface area (Å²) in [5, 5.41) is 11.4. The predicted molar refractivity (Wildman–Crippen MR) is 141 cm³/mol. The summed E-state index contributed by atoms with van der Waals surface area (Å²) in [4.78, 5) is 32.2. The molecule has 1 aliphatic rings. The van der Waals surface area contributed by atoms with Crippen molar-refractivity contribution >= 4 is 17.4 Å². The number of carbonyl (C=O) groups excluding carboxylic acids is 2. The number of hydrogen-bond acceptors (Lipinski definition) is 6. The van der Waals surface area contributed by atoms with Gasteiger partial charge in [-0.15, -0.1) is 0 Å². The van der Waals surface area contributed by atoms with E-state index in [4.69, 9.17) is 9.47 Å². The number of carbonyl (C=O) groups is 2. The first-order chi connectivity index (χ1) is 18.0. The number of unbranched alkanes of at least 4 members (excludes halogenated alkanes) is 1. The van der Waals surface area contributed by atoms with Crippen LogP contribution < -0.4 is 9.47 Å². The Balaban J connectivity index is 1.75. The molecule has 3 aromatic rings. The van der Waals surface area contributed by atoms with E-state index in [-0.39, 0.29) is 17.9 Å². The van der Waals surface area contributed by atoms with Crippen molar-refractivity contribution < 1.29 is 24.2 Å². The zero-order chi connectivity index (χ0) is 26.2. The van der Waals surface area contributed by atoms with Gasteiger partial charge in [0, 0.05) is 24.5 Å². The summed E-state index contributed by atoms with van der Waals surface area (Å²) in [5.41, 5.74) is 1.94. The third-order valence-corrected chi connectivity index (χ3v) is 6.16. The SMILES string of the molecule is CCCCOc1cccc(/C(O)=C2\C(=O)C(=O)N(Cc3cccnc3)C2c2ccc(OCCC)cc2)c1. The number of ketones is 1. The molecular weight excluding hydrogens is 468 g/mol. The number of nitrogens with zero attached hydrogens (tertiary/aromatic N) is 2. The topological polar surface area (TPSA) is 89.0 Å². The molecule has 1 saturated heterocycles. The van der Waals surface area contributed by atoms with Gasteiger partial charge in [0.1, 0.15) is 17.3 Å². The number of amides is 1. The monoisotopic (exact) mass is 500 g/mol. The lowest BCUT2D eigenvalue weighted by Gasteiger charge is -2.25. The first-order valence-electron chi connectivity index (χ1n) is 12.7. The van der Waals surface area contributed by atoms with Crippen LogP contribution in [-0.2, 0) is 16.1 Å². The van der Waals surface area contributed by atoms with Crippen LogP contribution in [0.4, 0.5) is 0 Å². The number of pyridine rings is 1. The average molecular weight is 501 g/mol. The Hall–Kier alpha value is -4.13. The number of likely N-dealkylation sites (tertiary alicyclic amines) is 1. The zero-order valence-corrected chi connectivity index (χ0v) is 21.2. The van der Waals surface area contributed by atoms with Crippen molar-refractivity contribution in [1.82, 2.24) is 9.88 Å². The Morgan fingerprint density at radius 2 is 1.73 bits per heavy atom.